The van der Waals surface area contributed by atoms with Gasteiger partial charge in [0.2, 0.25) is 5.90 Å². The summed E-state index contributed by atoms with van der Waals surface area (Å²) in [6.07, 6.45) is 4.73. The average Bonchev–Trinajstić information content (AvgIpc) is 2.99. The van der Waals surface area contributed by atoms with Crippen LogP contribution in [0, 0.1) is 0 Å². The normalized spacial score (nSPS) is 19.9. The molecule has 0 amide bonds. The van der Waals surface area contributed by atoms with Gasteiger partial charge in [0.1, 0.15) is 17.5 Å². The van der Waals surface area contributed by atoms with Crippen molar-refractivity contribution < 1.29 is 19.0 Å². The summed E-state index contributed by atoms with van der Waals surface area (Å²) in [4.78, 5) is 16.2. The van der Waals surface area contributed by atoms with Gasteiger partial charge in [0, 0.05) is 0 Å². The summed E-state index contributed by atoms with van der Waals surface area (Å²) in [5.74, 6) is 0.839. The summed E-state index contributed by atoms with van der Waals surface area (Å²) in [5.41, 5.74) is 0.450. The second kappa shape index (κ2) is 5.63. The fourth-order valence-electron chi connectivity index (χ4n) is 2.83. The van der Waals surface area contributed by atoms with E-state index in [0.717, 1.165) is 12.8 Å². The van der Waals surface area contributed by atoms with Gasteiger partial charge in [-0.3, -0.25) is 0 Å². The highest BCUT2D eigenvalue weighted by Crippen LogP contribution is 2.38. The number of nitrogens with zero attached hydrogens (tertiary/aromatic N) is 1. The zero-order chi connectivity index (χ0) is 15.7. The number of hydrogen-bond donors (Lipinski definition) is 0. The first kappa shape index (κ1) is 14.9. The molecular formula is C17H21NO4. The first-order valence-corrected chi connectivity index (χ1v) is 7.67. The molecule has 0 N–H and O–H groups in total. The molecule has 2 aliphatic rings. The molecule has 5 nitrogen and oxygen atoms in total. The van der Waals surface area contributed by atoms with Crippen LogP contribution in [0.5, 0.6) is 5.75 Å². The summed E-state index contributed by atoms with van der Waals surface area (Å²) in [7, 11) is 1.36. The highest BCUT2D eigenvalue weighted by molar-refractivity contribution is 5.94. The van der Waals surface area contributed by atoms with E-state index in [2.05, 4.69) is 4.99 Å². The minimum atomic E-state index is -0.609. The number of aliphatic imine (C=N–C) groups is 1. The van der Waals surface area contributed by atoms with Crippen LogP contribution in [0.15, 0.2) is 23.2 Å². The predicted molar refractivity (Wildman–Crippen MR) is 82.9 cm³/mol. The number of carbonyl (C=O) groups is 1. The van der Waals surface area contributed by atoms with Crippen molar-refractivity contribution >= 4 is 17.6 Å². The molecule has 0 saturated heterocycles. The van der Waals surface area contributed by atoms with Gasteiger partial charge in [0.05, 0.1) is 12.7 Å². The number of benzene rings is 1. The molecule has 1 aromatic carbocycles. The number of esters is 1. The van der Waals surface area contributed by atoms with E-state index in [9.17, 15) is 4.79 Å². The summed E-state index contributed by atoms with van der Waals surface area (Å²) in [5, 5.41) is 0. The van der Waals surface area contributed by atoms with E-state index in [1.807, 2.05) is 13.8 Å². The number of ether oxygens (including phenoxy) is 3. The van der Waals surface area contributed by atoms with Crippen LogP contribution in [-0.2, 0) is 9.47 Å². The molecule has 3 rings (SSSR count). The molecule has 1 aliphatic heterocycles. The minimum Gasteiger partial charge on any atom is -0.476 e. The van der Waals surface area contributed by atoms with Crippen molar-refractivity contribution in [2.45, 2.75) is 51.2 Å². The van der Waals surface area contributed by atoms with E-state index < -0.39 is 5.60 Å². The fourth-order valence-corrected chi connectivity index (χ4v) is 2.83. The number of fused-ring (bicyclic) bond motifs is 1. The van der Waals surface area contributed by atoms with Gasteiger partial charge in [0.25, 0.3) is 0 Å². The van der Waals surface area contributed by atoms with Crippen LogP contribution in [0.4, 0.5) is 5.69 Å². The second-order valence-corrected chi connectivity index (χ2v) is 6.23. The van der Waals surface area contributed by atoms with E-state index in [4.69, 9.17) is 14.2 Å². The highest BCUT2D eigenvalue weighted by atomic mass is 16.6. The molecule has 0 aromatic heterocycles. The molecule has 1 saturated carbocycles. The first-order valence-electron chi connectivity index (χ1n) is 7.67. The zero-order valence-electron chi connectivity index (χ0n) is 13.2. The number of rotatable bonds is 2. The third kappa shape index (κ3) is 2.80. The Hall–Kier alpha value is -2.04. The molecule has 1 fully saturated rings. The third-order valence-corrected chi connectivity index (χ3v) is 4.06. The van der Waals surface area contributed by atoms with Gasteiger partial charge < -0.3 is 14.2 Å². The van der Waals surface area contributed by atoms with E-state index in [-0.39, 0.29) is 12.1 Å². The monoisotopic (exact) mass is 303 g/mol. The molecule has 22 heavy (non-hydrogen) atoms. The van der Waals surface area contributed by atoms with Gasteiger partial charge in [-0.15, -0.1) is 0 Å². The van der Waals surface area contributed by atoms with E-state index in [0.29, 0.717) is 22.9 Å². The van der Waals surface area contributed by atoms with Crippen LogP contribution in [0.25, 0.3) is 0 Å². The summed E-state index contributed by atoms with van der Waals surface area (Å²) in [6, 6.07) is 5.10. The van der Waals surface area contributed by atoms with Crippen molar-refractivity contribution in [2.75, 3.05) is 7.11 Å². The smallest absolute Gasteiger partial charge is 0.337 e. The lowest BCUT2D eigenvalue weighted by Gasteiger charge is -2.33. The van der Waals surface area contributed by atoms with Crippen LogP contribution >= 0.6 is 0 Å². The minimum absolute atomic E-state index is 0.215. The van der Waals surface area contributed by atoms with Crippen molar-refractivity contribution in [3.8, 4) is 5.75 Å². The standard InChI is InChI=1S/C17H21NO4/c1-17(2)16(21-12-6-4-5-7-12)18-13-10-11(15(19)20-3)8-9-14(13)22-17/h8-10,12H,4-7H2,1-3H3. The van der Waals surface area contributed by atoms with Gasteiger partial charge in [-0.2, -0.15) is 0 Å². The van der Waals surface area contributed by atoms with Crippen molar-refractivity contribution in [2.24, 2.45) is 4.99 Å². The van der Waals surface area contributed by atoms with Crippen molar-refractivity contribution in [3.05, 3.63) is 23.8 Å². The zero-order valence-corrected chi connectivity index (χ0v) is 13.2. The Morgan fingerprint density at radius 1 is 1.32 bits per heavy atom. The van der Waals surface area contributed by atoms with Gasteiger partial charge in [-0.1, -0.05) is 0 Å². The molecule has 0 unspecified atom stereocenters. The lowest BCUT2D eigenvalue weighted by molar-refractivity contribution is 0.0600. The predicted octanol–water partition coefficient (Wildman–Crippen LogP) is 3.63. The van der Waals surface area contributed by atoms with Crippen LogP contribution in [0.1, 0.15) is 49.9 Å². The molecule has 0 radical (unpaired) electrons. The SMILES string of the molecule is COC(=O)c1ccc2c(c1)N=C(OC1CCCC1)C(C)(C)O2. The maximum Gasteiger partial charge on any atom is 0.337 e. The molecule has 1 aromatic rings. The Kier molecular flexibility index (Phi) is 3.81. The van der Waals surface area contributed by atoms with Gasteiger partial charge in [-0.05, 0) is 57.7 Å². The second-order valence-electron chi connectivity index (χ2n) is 6.23. The van der Waals surface area contributed by atoms with Crippen LogP contribution < -0.4 is 4.74 Å². The quantitative estimate of drug-likeness (QED) is 0.783. The molecule has 0 atom stereocenters. The molecule has 0 bridgehead atoms. The number of hydrogen-bond acceptors (Lipinski definition) is 5. The summed E-state index contributed by atoms with van der Waals surface area (Å²) < 4.78 is 16.8. The summed E-state index contributed by atoms with van der Waals surface area (Å²) >= 11 is 0. The van der Waals surface area contributed by atoms with Gasteiger partial charge in [-0.25, -0.2) is 9.79 Å². The topological polar surface area (TPSA) is 57.1 Å². The molecule has 1 heterocycles. The molecule has 5 heteroatoms. The summed E-state index contributed by atoms with van der Waals surface area (Å²) in [6.45, 7) is 3.88. The Morgan fingerprint density at radius 2 is 2.05 bits per heavy atom. The Bertz CT molecular complexity index is 615. The molecule has 0 spiro atoms. The lowest BCUT2D eigenvalue weighted by atomic mass is 10.1. The Morgan fingerprint density at radius 3 is 2.73 bits per heavy atom. The Balaban J connectivity index is 1.92. The molecular weight excluding hydrogens is 282 g/mol. The molecule has 1 aliphatic carbocycles. The van der Waals surface area contributed by atoms with Crippen LogP contribution in [0.2, 0.25) is 0 Å². The maximum absolute atomic E-state index is 11.6. The van der Waals surface area contributed by atoms with Crippen molar-refractivity contribution in [1.82, 2.24) is 0 Å². The third-order valence-electron chi connectivity index (χ3n) is 4.06. The Labute approximate surface area is 130 Å². The largest absolute Gasteiger partial charge is 0.476 e. The number of carbonyl (C=O) groups excluding carboxylic acids is 1. The van der Waals surface area contributed by atoms with E-state index in [1.165, 1.54) is 20.0 Å². The van der Waals surface area contributed by atoms with E-state index >= 15 is 0 Å². The first-order chi connectivity index (χ1) is 10.5. The highest BCUT2D eigenvalue weighted by Gasteiger charge is 2.36. The van der Waals surface area contributed by atoms with Crippen molar-refractivity contribution in [3.63, 3.8) is 0 Å². The average molecular weight is 303 g/mol. The van der Waals surface area contributed by atoms with Crippen LogP contribution in [0.3, 0.4) is 0 Å². The van der Waals surface area contributed by atoms with Crippen LogP contribution in [-0.4, -0.2) is 30.7 Å². The number of methoxy groups -OCH3 is 1. The van der Waals surface area contributed by atoms with Gasteiger partial charge >= 0.3 is 5.97 Å². The van der Waals surface area contributed by atoms with E-state index in [1.54, 1.807) is 18.2 Å². The molecule has 118 valence electrons. The lowest BCUT2D eigenvalue weighted by Crippen LogP contribution is -2.43. The van der Waals surface area contributed by atoms with Gasteiger partial charge in [0.15, 0.2) is 5.60 Å². The maximum atomic E-state index is 11.6. The van der Waals surface area contributed by atoms with Crippen molar-refractivity contribution in [1.29, 1.82) is 0 Å². The fraction of sp³-hybridized carbons (Fsp3) is 0.529.